The van der Waals surface area contributed by atoms with Crippen LogP contribution in [0.1, 0.15) is 43.4 Å². The lowest BCUT2D eigenvalue weighted by Crippen LogP contribution is -2.45. The molecule has 0 saturated carbocycles. The van der Waals surface area contributed by atoms with Crippen molar-refractivity contribution in [3.63, 3.8) is 0 Å². The van der Waals surface area contributed by atoms with E-state index in [1.165, 1.54) is 35.7 Å². The van der Waals surface area contributed by atoms with E-state index in [4.69, 9.17) is 26.2 Å². The number of nitrogens with zero attached hydrogens (tertiary/aromatic N) is 2. The first-order valence-electron chi connectivity index (χ1n) is 13.2. The molecular formula is C31H32ClFN2O6S. The first-order chi connectivity index (χ1) is 19.9. The highest BCUT2D eigenvalue weighted by atomic mass is 35.5. The van der Waals surface area contributed by atoms with Gasteiger partial charge in [0.15, 0.2) is 0 Å². The van der Waals surface area contributed by atoms with Gasteiger partial charge in [-0.15, -0.1) is 0 Å². The summed E-state index contributed by atoms with van der Waals surface area (Å²) in [6.45, 7) is 5.39. The Morgan fingerprint density at radius 2 is 1.95 bits per heavy atom. The molecular weight excluding hydrogens is 583 g/mol. The fourth-order valence-corrected chi connectivity index (χ4v) is 6.48. The number of halogens is 2. The van der Waals surface area contributed by atoms with Crippen LogP contribution in [0.5, 0.6) is 11.5 Å². The zero-order valence-electron chi connectivity index (χ0n) is 23.7. The van der Waals surface area contributed by atoms with Gasteiger partial charge in [0.2, 0.25) is 0 Å². The number of allylic oxidation sites excluding steroid dienone is 1. The lowest BCUT2D eigenvalue weighted by Gasteiger charge is -2.35. The van der Waals surface area contributed by atoms with Crippen LogP contribution in [0.15, 0.2) is 64.5 Å². The van der Waals surface area contributed by atoms with Gasteiger partial charge < -0.3 is 14.6 Å². The molecule has 0 bridgehead atoms. The zero-order valence-corrected chi connectivity index (χ0v) is 25.3. The number of aliphatic carboxylic acids is 1. The second kappa shape index (κ2) is 13.0. The number of carboxylic acids is 1. The van der Waals surface area contributed by atoms with Crippen LogP contribution in [0.3, 0.4) is 0 Å². The van der Waals surface area contributed by atoms with E-state index < -0.39 is 27.9 Å². The van der Waals surface area contributed by atoms with Gasteiger partial charge in [-0.2, -0.15) is 0 Å². The molecule has 3 aromatic carbocycles. The fourth-order valence-electron chi connectivity index (χ4n) is 4.65. The number of carboxylic acid groups (broad SMARTS) is 1. The number of rotatable bonds is 10. The van der Waals surface area contributed by atoms with Crippen LogP contribution in [-0.2, 0) is 14.8 Å². The summed E-state index contributed by atoms with van der Waals surface area (Å²) in [4.78, 5) is 15.4. The Balaban J connectivity index is 1.75. The van der Waals surface area contributed by atoms with Crippen LogP contribution in [0, 0.1) is 12.7 Å². The molecule has 0 radical (unpaired) electrons. The second-order valence-corrected chi connectivity index (χ2v) is 12.3. The molecule has 8 nitrogen and oxygen atoms in total. The third-order valence-corrected chi connectivity index (χ3v) is 8.98. The van der Waals surface area contributed by atoms with Gasteiger partial charge in [-0.3, -0.25) is 14.1 Å². The van der Waals surface area contributed by atoms with Crippen molar-refractivity contribution >= 4 is 50.6 Å². The Morgan fingerprint density at radius 3 is 2.64 bits per heavy atom. The second-order valence-electron chi connectivity index (χ2n) is 10.0. The highest BCUT2D eigenvalue weighted by Crippen LogP contribution is 2.39. The fraction of sp³-hybridized carbons (Fsp3) is 0.290. The van der Waals surface area contributed by atoms with Crippen molar-refractivity contribution < 1.29 is 32.2 Å². The van der Waals surface area contributed by atoms with Gasteiger partial charge in [0.25, 0.3) is 10.0 Å². The van der Waals surface area contributed by atoms with Gasteiger partial charge in [-0.1, -0.05) is 35.9 Å². The van der Waals surface area contributed by atoms with Crippen LogP contribution >= 0.6 is 11.6 Å². The van der Waals surface area contributed by atoms with Crippen LogP contribution in [-0.4, -0.2) is 51.5 Å². The molecule has 42 heavy (non-hydrogen) atoms. The van der Waals surface area contributed by atoms with Crippen molar-refractivity contribution in [3.05, 3.63) is 82.1 Å². The first kappa shape index (κ1) is 31.1. The summed E-state index contributed by atoms with van der Waals surface area (Å²) in [5, 5.41) is 9.22. The van der Waals surface area contributed by atoms with Crippen molar-refractivity contribution in [2.75, 3.05) is 24.5 Å². The van der Waals surface area contributed by atoms with Crippen molar-refractivity contribution in [2.45, 2.75) is 44.6 Å². The summed E-state index contributed by atoms with van der Waals surface area (Å²) >= 11 is 6.26. The molecule has 222 valence electrons. The summed E-state index contributed by atoms with van der Waals surface area (Å²) in [6.07, 6.45) is 1.34. The maximum Gasteiger partial charge on any atom is 0.303 e. The molecule has 0 aromatic heterocycles. The van der Waals surface area contributed by atoms with Crippen molar-refractivity contribution in [3.8, 4) is 11.5 Å². The summed E-state index contributed by atoms with van der Waals surface area (Å²) < 4.78 is 55.5. The van der Waals surface area contributed by atoms with E-state index in [0.29, 0.717) is 34.0 Å². The number of sulfonamides is 1. The Kier molecular flexibility index (Phi) is 9.58. The SMILES string of the molecule is COc1cc(S(=O)(=O)N2CC(CN=C(C)CCC(=O)O)Oc3ccc(C=C(C)c4c(F)cccc4Cl)cc32)ccc1C. The third-order valence-electron chi connectivity index (χ3n) is 6.89. The minimum Gasteiger partial charge on any atom is -0.496 e. The number of methoxy groups -OCH3 is 1. The molecule has 0 aliphatic carbocycles. The highest BCUT2D eigenvalue weighted by molar-refractivity contribution is 7.92. The van der Waals surface area contributed by atoms with Gasteiger partial charge >= 0.3 is 5.97 Å². The van der Waals surface area contributed by atoms with Gasteiger partial charge in [-0.25, -0.2) is 12.8 Å². The van der Waals surface area contributed by atoms with Crippen LogP contribution in [0.4, 0.5) is 10.1 Å². The van der Waals surface area contributed by atoms with Crippen molar-refractivity contribution in [2.24, 2.45) is 4.99 Å². The Labute approximate surface area is 250 Å². The number of ether oxygens (including phenoxy) is 2. The van der Waals surface area contributed by atoms with Gasteiger partial charge in [0, 0.05) is 17.3 Å². The molecule has 0 fully saturated rings. The van der Waals surface area contributed by atoms with Crippen molar-refractivity contribution in [1.82, 2.24) is 0 Å². The summed E-state index contributed by atoms with van der Waals surface area (Å²) in [5.41, 5.74) is 3.19. The number of hydrogen-bond acceptors (Lipinski definition) is 6. The van der Waals surface area contributed by atoms with Gasteiger partial charge in [0.05, 0.1) is 42.2 Å². The Bertz CT molecular complexity index is 1650. The van der Waals surface area contributed by atoms with E-state index in [9.17, 15) is 17.6 Å². The number of anilines is 1. The molecule has 0 spiro atoms. The number of fused-ring (bicyclic) bond motifs is 1. The lowest BCUT2D eigenvalue weighted by molar-refractivity contribution is -0.136. The maximum atomic E-state index is 14.6. The average molecular weight is 615 g/mol. The highest BCUT2D eigenvalue weighted by Gasteiger charge is 2.35. The lowest BCUT2D eigenvalue weighted by atomic mass is 10.0. The predicted molar refractivity (Wildman–Crippen MR) is 163 cm³/mol. The van der Waals surface area contributed by atoms with E-state index in [1.807, 2.05) is 6.92 Å². The molecule has 1 heterocycles. The van der Waals surface area contributed by atoms with Crippen molar-refractivity contribution in [1.29, 1.82) is 0 Å². The van der Waals surface area contributed by atoms with E-state index >= 15 is 0 Å². The van der Waals surface area contributed by atoms with Gasteiger partial charge in [-0.05, 0) is 74.2 Å². The van der Waals surface area contributed by atoms with Crippen LogP contribution in [0.25, 0.3) is 11.6 Å². The quantitative estimate of drug-likeness (QED) is 0.203. The van der Waals surface area contributed by atoms with Crippen LogP contribution < -0.4 is 13.8 Å². The Hall–Kier alpha value is -3.89. The topological polar surface area (TPSA) is 106 Å². The van der Waals surface area contributed by atoms with E-state index in [2.05, 4.69) is 4.99 Å². The predicted octanol–water partition coefficient (Wildman–Crippen LogP) is 6.64. The van der Waals surface area contributed by atoms with E-state index in [-0.39, 0.29) is 41.4 Å². The maximum absolute atomic E-state index is 14.6. The number of benzene rings is 3. The third kappa shape index (κ3) is 6.94. The number of aliphatic imine (C=N–C) groups is 1. The molecule has 4 rings (SSSR count). The summed E-state index contributed by atoms with van der Waals surface area (Å²) in [7, 11) is -2.60. The molecule has 1 aliphatic heterocycles. The number of aryl methyl sites for hydroxylation is 1. The molecule has 0 amide bonds. The summed E-state index contributed by atoms with van der Waals surface area (Å²) in [6, 6.07) is 14.3. The molecule has 0 saturated heterocycles. The smallest absolute Gasteiger partial charge is 0.303 e. The molecule has 1 N–H and O–H groups in total. The largest absolute Gasteiger partial charge is 0.496 e. The van der Waals surface area contributed by atoms with E-state index in [1.54, 1.807) is 50.3 Å². The van der Waals surface area contributed by atoms with Crippen LogP contribution in [0.2, 0.25) is 5.02 Å². The molecule has 1 aliphatic rings. The molecule has 1 atom stereocenters. The zero-order chi connectivity index (χ0) is 30.6. The standard InChI is InChI=1S/C31H32ClFN2O6S/c1-19-8-11-24(16-29(19)40-4)42(38,39)35-18-23(17-34-21(3)9-13-30(36)37)41-28-12-10-22(15-27(28)35)14-20(2)31-25(32)6-5-7-26(31)33/h5-8,10-12,14-16,23H,9,13,17-18H2,1-4H3,(H,36,37). The molecule has 3 aromatic rings. The number of hydrogen-bond donors (Lipinski definition) is 1. The minimum absolute atomic E-state index is 0.0352. The Morgan fingerprint density at radius 1 is 1.19 bits per heavy atom. The summed E-state index contributed by atoms with van der Waals surface area (Å²) in [5.74, 6) is -0.604. The normalized spacial score (nSPS) is 15.7. The first-order valence-corrected chi connectivity index (χ1v) is 15.0. The molecule has 11 heteroatoms. The minimum atomic E-state index is -4.08. The molecule has 1 unspecified atom stereocenters. The van der Waals surface area contributed by atoms with E-state index in [0.717, 1.165) is 5.56 Å². The van der Waals surface area contributed by atoms with Gasteiger partial charge in [0.1, 0.15) is 23.4 Å². The number of carbonyl (C=O) groups is 1. The monoisotopic (exact) mass is 614 g/mol. The average Bonchev–Trinajstić information content (AvgIpc) is 2.94.